The van der Waals surface area contributed by atoms with Crippen molar-refractivity contribution in [2.45, 2.75) is 51.2 Å². The summed E-state index contributed by atoms with van der Waals surface area (Å²) in [5.41, 5.74) is -0.290. The first-order chi connectivity index (χ1) is 13.5. The van der Waals surface area contributed by atoms with Gasteiger partial charge in [0.1, 0.15) is 17.7 Å². The van der Waals surface area contributed by atoms with Crippen LogP contribution < -0.4 is 4.90 Å². The van der Waals surface area contributed by atoms with Crippen LogP contribution in [0.25, 0.3) is 0 Å². The Kier molecular flexibility index (Phi) is 5.23. The molecule has 1 atom stereocenters. The normalized spacial score (nSPS) is 23.4. The molecule has 152 valence electrons. The molecule has 2 amide bonds. The van der Waals surface area contributed by atoms with Gasteiger partial charge in [0, 0.05) is 45.3 Å². The zero-order valence-electron chi connectivity index (χ0n) is 16.8. The number of carbonyl (C=O) groups excluding carboxylic acids is 2. The summed E-state index contributed by atoms with van der Waals surface area (Å²) in [6.45, 7) is 7.89. The average molecular weight is 387 g/mol. The van der Waals surface area contributed by atoms with Gasteiger partial charge in [0.2, 0.25) is 11.8 Å². The molecule has 1 spiro atoms. The minimum absolute atomic E-state index is 0.0479. The number of aromatic nitrogens is 2. The molecule has 0 bridgehead atoms. The minimum atomic E-state index is -0.380. The van der Waals surface area contributed by atoms with E-state index in [2.05, 4.69) is 14.9 Å². The van der Waals surface area contributed by atoms with E-state index in [4.69, 9.17) is 4.74 Å². The molecule has 0 aromatic carbocycles. The number of morpholine rings is 1. The lowest BCUT2D eigenvalue weighted by atomic mass is 9.89. The van der Waals surface area contributed by atoms with Gasteiger partial charge < -0.3 is 19.4 Å². The molecule has 3 saturated heterocycles. The maximum atomic E-state index is 13.0. The number of rotatable bonds is 3. The fourth-order valence-electron chi connectivity index (χ4n) is 4.57. The van der Waals surface area contributed by atoms with Crippen LogP contribution in [0, 0.1) is 6.92 Å². The molecule has 0 aliphatic carbocycles. The van der Waals surface area contributed by atoms with Gasteiger partial charge in [0.05, 0.1) is 12.2 Å². The Morgan fingerprint density at radius 1 is 1.25 bits per heavy atom. The highest BCUT2D eigenvalue weighted by Gasteiger charge is 2.43. The van der Waals surface area contributed by atoms with Crippen LogP contribution in [-0.4, -0.2) is 82.6 Å². The van der Waals surface area contributed by atoms with Gasteiger partial charge in [-0.2, -0.15) is 0 Å². The summed E-state index contributed by atoms with van der Waals surface area (Å²) in [4.78, 5) is 39.6. The summed E-state index contributed by atoms with van der Waals surface area (Å²) in [6, 6.07) is 1.56. The largest absolute Gasteiger partial charge is 0.371 e. The second kappa shape index (κ2) is 7.66. The van der Waals surface area contributed by atoms with Crippen molar-refractivity contribution in [3.05, 3.63) is 18.1 Å². The van der Waals surface area contributed by atoms with Gasteiger partial charge >= 0.3 is 0 Å². The lowest BCUT2D eigenvalue weighted by Gasteiger charge is -2.48. The molecular weight excluding hydrogens is 358 g/mol. The van der Waals surface area contributed by atoms with Crippen molar-refractivity contribution in [2.75, 3.05) is 44.2 Å². The fraction of sp³-hybridized carbons (Fsp3) is 0.700. The molecule has 3 fully saturated rings. The van der Waals surface area contributed by atoms with Crippen LogP contribution in [-0.2, 0) is 14.3 Å². The molecular formula is C20H29N5O3. The number of carbonyl (C=O) groups is 2. The van der Waals surface area contributed by atoms with E-state index in [1.807, 2.05) is 24.8 Å². The molecule has 0 N–H and O–H groups in total. The summed E-state index contributed by atoms with van der Waals surface area (Å²) in [7, 11) is 0. The van der Waals surface area contributed by atoms with Gasteiger partial charge in [-0.1, -0.05) is 0 Å². The quantitative estimate of drug-likeness (QED) is 0.770. The maximum absolute atomic E-state index is 13.0. The topological polar surface area (TPSA) is 78.9 Å². The average Bonchev–Trinajstić information content (AvgIpc) is 3.13. The molecule has 0 saturated carbocycles. The van der Waals surface area contributed by atoms with Crippen LogP contribution in [0.4, 0.5) is 5.82 Å². The third kappa shape index (κ3) is 3.70. The van der Waals surface area contributed by atoms with Crippen molar-refractivity contribution >= 4 is 17.6 Å². The van der Waals surface area contributed by atoms with Crippen molar-refractivity contribution in [2.24, 2.45) is 0 Å². The van der Waals surface area contributed by atoms with Crippen molar-refractivity contribution in [3.8, 4) is 0 Å². The van der Waals surface area contributed by atoms with E-state index >= 15 is 0 Å². The molecule has 3 aliphatic heterocycles. The zero-order valence-corrected chi connectivity index (χ0v) is 16.8. The summed E-state index contributed by atoms with van der Waals surface area (Å²) in [5, 5.41) is 0. The number of hydrogen-bond acceptors (Lipinski definition) is 6. The van der Waals surface area contributed by atoms with E-state index in [-0.39, 0.29) is 23.5 Å². The summed E-state index contributed by atoms with van der Waals surface area (Å²) >= 11 is 0. The highest BCUT2D eigenvalue weighted by Crippen LogP contribution is 2.32. The van der Waals surface area contributed by atoms with Crippen LogP contribution in [0.2, 0.25) is 0 Å². The fourth-order valence-corrected chi connectivity index (χ4v) is 4.57. The van der Waals surface area contributed by atoms with Gasteiger partial charge in [-0.3, -0.25) is 9.59 Å². The van der Waals surface area contributed by atoms with E-state index in [0.717, 1.165) is 44.0 Å². The maximum Gasteiger partial charge on any atom is 0.245 e. The van der Waals surface area contributed by atoms with Gasteiger partial charge in [-0.05, 0) is 39.2 Å². The van der Waals surface area contributed by atoms with Gasteiger partial charge in [-0.25, -0.2) is 9.97 Å². The van der Waals surface area contributed by atoms with Crippen molar-refractivity contribution < 1.29 is 14.3 Å². The van der Waals surface area contributed by atoms with E-state index in [1.54, 1.807) is 11.1 Å². The predicted octanol–water partition coefficient (Wildman–Crippen LogP) is 0.994. The number of piperidine rings is 1. The van der Waals surface area contributed by atoms with Crippen LogP contribution in [0.1, 0.15) is 38.4 Å². The van der Waals surface area contributed by atoms with Crippen LogP contribution in [0.3, 0.4) is 0 Å². The number of nitrogens with zero attached hydrogens (tertiary/aromatic N) is 5. The molecule has 8 heteroatoms. The molecule has 4 rings (SSSR count). The molecule has 3 aliphatic rings. The number of ether oxygens (including phenoxy) is 1. The van der Waals surface area contributed by atoms with E-state index in [0.29, 0.717) is 32.7 Å². The van der Waals surface area contributed by atoms with Crippen molar-refractivity contribution in [1.29, 1.82) is 0 Å². The molecule has 1 aromatic heterocycles. The van der Waals surface area contributed by atoms with Crippen LogP contribution >= 0.6 is 0 Å². The smallest absolute Gasteiger partial charge is 0.245 e. The van der Waals surface area contributed by atoms with E-state index in [1.165, 1.54) is 0 Å². The molecule has 8 nitrogen and oxygen atoms in total. The lowest BCUT2D eigenvalue weighted by molar-refractivity contribution is -0.160. The van der Waals surface area contributed by atoms with Gasteiger partial charge in [0.25, 0.3) is 0 Å². The monoisotopic (exact) mass is 387 g/mol. The second-order valence-corrected chi connectivity index (χ2v) is 8.11. The SMILES string of the molecule is Cc1nccc(N2CCC3(CC2)CN(C(=O)C(C)N2CCCC2=O)CCO3)n1. The highest BCUT2D eigenvalue weighted by atomic mass is 16.5. The molecule has 0 radical (unpaired) electrons. The Labute approximate surface area is 165 Å². The van der Waals surface area contributed by atoms with Crippen LogP contribution in [0.15, 0.2) is 12.3 Å². The Morgan fingerprint density at radius 2 is 2.04 bits per heavy atom. The standard InChI is InChI=1S/C20H29N5O3/c1-15(25-9-3-4-18(25)26)19(27)24-12-13-28-20(14-24)6-10-23(11-7-20)17-5-8-21-16(2)22-17/h5,8,15H,3-4,6-7,9-14H2,1-2H3. The first-order valence-corrected chi connectivity index (χ1v) is 10.2. The molecule has 1 aromatic rings. The van der Waals surface area contributed by atoms with E-state index in [9.17, 15) is 9.59 Å². The molecule has 28 heavy (non-hydrogen) atoms. The Balaban J connectivity index is 1.38. The summed E-state index contributed by atoms with van der Waals surface area (Å²) in [6.07, 6.45) is 4.92. The van der Waals surface area contributed by atoms with Gasteiger partial charge in [-0.15, -0.1) is 0 Å². The minimum Gasteiger partial charge on any atom is -0.371 e. The van der Waals surface area contributed by atoms with E-state index < -0.39 is 0 Å². The highest BCUT2D eigenvalue weighted by molar-refractivity contribution is 5.88. The first-order valence-electron chi connectivity index (χ1n) is 10.2. The lowest BCUT2D eigenvalue weighted by Crippen LogP contribution is -2.60. The molecule has 4 heterocycles. The van der Waals surface area contributed by atoms with Gasteiger partial charge in [0.15, 0.2) is 0 Å². The number of likely N-dealkylation sites (tertiary alicyclic amines) is 1. The third-order valence-electron chi connectivity index (χ3n) is 6.26. The third-order valence-corrected chi connectivity index (χ3v) is 6.26. The number of aryl methyl sites for hydroxylation is 1. The first kappa shape index (κ1) is 19.1. The second-order valence-electron chi connectivity index (χ2n) is 8.11. The van der Waals surface area contributed by atoms with Crippen LogP contribution in [0.5, 0.6) is 0 Å². The van der Waals surface area contributed by atoms with Crippen molar-refractivity contribution in [1.82, 2.24) is 19.8 Å². The number of amides is 2. The Hall–Kier alpha value is -2.22. The Bertz CT molecular complexity index is 747. The molecule has 1 unspecified atom stereocenters. The number of anilines is 1. The summed E-state index contributed by atoms with van der Waals surface area (Å²) < 4.78 is 6.19. The summed E-state index contributed by atoms with van der Waals surface area (Å²) in [5.74, 6) is 1.87. The predicted molar refractivity (Wildman–Crippen MR) is 104 cm³/mol. The Morgan fingerprint density at radius 3 is 2.71 bits per heavy atom. The van der Waals surface area contributed by atoms with Crippen molar-refractivity contribution in [3.63, 3.8) is 0 Å². The zero-order chi connectivity index (χ0) is 19.7. The number of hydrogen-bond donors (Lipinski definition) is 0.